The van der Waals surface area contributed by atoms with Crippen LogP contribution in [0.2, 0.25) is 0 Å². The average Bonchev–Trinajstić information content (AvgIpc) is 3.32. The Labute approximate surface area is 219 Å². The molecule has 8 nitrogen and oxygen atoms in total. The number of aryl methyl sites for hydroxylation is 2. The van der Waals surface area contributed by atoms with Crippen LogP contribution in [-0.4, -0.2) is 24.1 Å². The van der Waals surface area contributed by atoms with E-state index in [0.29, 0.717) is 31.4 Å². The first-order valence-electron chi connectivity index (χ1n) is 13.2. The number of amides is 1. The summed E-state index contributed by atoms with van der Waals surface area (Å²) >= 11 is 0. The highest BCUT2D eigenvalue weighted by Gasteiger charge is 2.25. The quantitative estimate of drug-likeness (QED) is 0.190. The molecule has 8 heteroatoms. The Morgan fingerprint density at radius 2 is 1.89 bits per heavy atom. The van der Waals surface area contributed by atoms with E-state index in [4.69, 9.17) is 8.83 Å². The summed E-state index contributed by atoms with van der Waals surface area (Å²) in [4.78, 5) is 36.5. The molecule has 0 saturated heterocycles. The van der Waals surface area contributed by atoms with Crippen molar-refractivity contribution in [2.24, 2.45) is 5.92 Å². The van der Waals surface area contributed by atoms with Crippen molar-refractivity contribution >= 4 is 11.9 Å². The van der Waals surface area contributed by atoms with Gasteiger partial charge in [0.05, 0.1) is 13.4 Å². The highest BCUT2D eigenvalue weighted by atomic mass is 16.5. The van der Waals surface area contributed by atoms with Crippen LogP contribution in [0.3, 0.4) is 0 Å². The lowest BCUT2D eigenvalue weighted by molar-refractivity contribution is 0.0914. The molecule has 2 heterocycles. The van der Waals surface area contributed by atoms with Crippen LogP contribution in [0.1, 0.15) is 105 Å². The fourth-order valence-corrected chi connectivity index (χ4v) is 4.13. The molecule has 0 aliphatic carbocycles. The summed E-state index contributed by atoms with van der Waals surface area (Å²) in [5.41, 5.74) is 0.0966. The van der Waals surface area contributed by atoms with Gasteiger partial charge < -0.3 is 18.7 Å². The zero-order valence-electron chi connectivity index (χ0n) is 22.5. The van der Waals surface area contributed by atoms with Gasteiger partial charge in [-0.1, -0.05) is 46.1 Å². The number of allylic oxidation sites excluding steroid dienone is 1. The predicted octanol–water partition coefficient (Wildman–Crippen LogP) is 6.66. The Hall–Kier alpha value is -3.29. The van der Waals surface area contributed by atoms with Gasteiger partial charge in [0.15, 0.2) is 5.78 Å². The number of furan rings is 1. The summed E-state index contributed by atoms with van der Waals surface area (Å²) in [5, 5.41) is 12.9. The highest BCUT2D eigenvalue weighted by molar-refractivity contribution is 5.99. The number of Topliss-reactive ketones (excluding diaryl/α,β-unsaturated/α-hetero) is 1. The number of carbonyl (C=O) groups excluding carboxylic acids is 2. The second kappa shape index (κ2) is 15.7. The minimum atomic E-state index is -0.819. The average molecular weight is 516 g/mol. The van der Waals surface area contributed by atoms with E-state index in [0.717, 1.165) is 25.0 Å². The van der Waals surface area contributed by atoms with E-state index in [1.54, 1.807) is 13.0 Å². The fourth-order valence-electron chi connectivity index (χ4n) is 4.13. The van der Waals surface area contributed by atoms with E-state index in [-0.39, 0.29) is 17.2 Å². The topological polar surface area (TPSA) is 119 Å². The Morgan fingerprint density at radius 3 is 2.59 bits per heavy atom. The standard InChI is InChI=1S/C29H41NO7/c1-5-6-7-8-14-22-17-23(36-19-22)15-11-13-21(3)27(32)26-24(31)18-25(37-28(26)33)20(2)12-9-10-16-30-29(34)35-4/h10,16-21,31H,5-9,11-15H2,1-4H3,(H,30,34)/b16-10+. The second-order valence-electron chi connectivity index (χ2n) is 9.60. The molecular weight excluding hydrogens is 474 g/mol. The number of ether oxygens (including phenoxy) is 1. The van der Waals surface area contributed by atoms with Crippen LogP contribution in [0.5, 0.6) is 5.75 Å². The van der Waals surface area contributed by atoms with Crippen LogP contribution in [0.15, 0.2) is 44.3 Å². The van der Waals surface area contributed by atoms with E-state index in [1.807, 2.05) is 13.2 Å². The molecule has 0 aromatic carbocycles. The summed E-state index contributed by atoms with van der Waals surface area (Å²) in [6.45, 7) is 5.81. The van der Waals surface area contributed by atoms with Crippen molar-refractivity contribution < 1.29 is 28.3 Å². The lowest BCUT2D eigenvalue weighted by Crippen LogP contribution is -2.21. The van der Waals surface area contributed by atoms with Crippen molar-refractivity contribution in [1.82, 2.24) is 5.32 Å². The van der Waals surface area contributed by atoms with E-state index < -0.39 is 23.4 Å². The van der Waals surface area contributed by atoms with E-state index in [9.17, 15) is 19.5 Å². The van der Waals surface area contributed by atoms with Crippen LogP contribution in [0.4, 0.5) is 4.79 Å². The van der Waals surface area contributed by atoms with Crippen molar-refractivity contribution in [2.45, 2.75) is 90.9 Å². The first-order chi connectivity index (χ1) is 17.8. The Bertz CT molecular complexity index is 1080. The molecule has 0 radical (unpaired) electrons. The maximum atomic E-state index is 12.9. The van der Waals surface area contributed by atoms with Gasteiger partial charge in [0, 0.05) is 30.5 Å². The first kappa shape index (κ1) is 29.9. The third-order valence-electron chi connectivity index (χ3n) is 6.49. The number of hydrogen-bond donors (Lipinski definition) is 2. The van der Waals surface area contributed by atoms with Crippen molar-refractivity contribution in [3.63, 3.8) is 0 Å². The lowest BCUT2D eigenvalue weighted by atomic mass is 9.93. The van der Waals surface area contributed by atoms with Crippen LogP contribution < -0.4 is 10.9 Å². The SMILES string of the molecule is CCCCCCc1coc(CCCC(C)C(=O)c2c(O)cc(C(C)CC/C=C/NC(=O)OC)oc2=O)c1. The third kappa shape index (κ3) is 9.94. The number of unbranched alkanes of at least 4 members (excludes halogenated alkanes) is 3. The zero-order valence-corrected chi connectivity index (χ0v) is 22.5. The molecule has 1 amide bonds. The molecule has 0 aliphatic rings. The highest BCUT2D eigenvalue weighted by Crippen LogP contribution is 2.27. The Morgan fingerprint density at radius 1 is 1.11 bits per heavy atom. The number of nitrogens with one attached hydrogen (secondary N) is 1. The number of alkyl carbamates (subject to hydrolysis) is 1. The molecule has 2 aromatic rings. The summed E-state index contributed by atoms with van der Waals surface area (Å²) in [7, 11) is 1.28. The van der Waals surface area contributed by atoms with Crippen molar-refractivity contribution in [3.8, 4) is 5.75 Å². The molecule has 0 aliphatic heterocycles. The molecule has 0 bridgehead atoms. The number of hydrogen-bond acceptors (Lipinski definition) is 7. The first-order valence-corrected chi connectivity index (χ1v) is 13.2. The smallest absolute Gasteiger partial charge is 0.410 e. The lowest BCUT2D eigenvalue weighted by Gasteiger charge is -2.13. The molecule has 37 heavy (non-hydrogen) atoms. The summed E-state index contributed by atoms with van der Waals surface area (Å²) in [6, 6.07) is 3.44. The van der Waals surface area contributed by atoms with Gasteiger partial charge in [-0.3, -0.25) is 10.1 Å². The van der Waals surface area contributed by atoms with Crippen LogP contribution in [0.25, 0.3) is 0 Å². The van der Waals surface area contributed by atoms with Crippen molar-refractivity contribution in [1.29, 1.82) is 0 Å². The van der Waals surface area contributed by atoms with Crippen LogP contribution in [0, 0.1) is 5.92 Å². The maximum Gasteiger partial charge on any atom is 0.410 e. The minimum Gasteiger partial charge on any atom is -0.507 e. The van der Waals surface area contributed by atoms with Gasteiger partial charge in [-0.2, -0.15) is 0 Å². The number of aromatic hydroxyl groups is 1. The Balaban J connectivity index is 1.86. The normalized spacial score (nSPS) is 13.0. The maximum absolute atomic E-state index is 12.9. The molecule has 204 valence electrons. The molecule has 0 spiro atoms. The van der Waals surface area contributed by atoms with Gasteiger partial charge in [-0.15, -0.1) is 0 Å². The number of methoxy groups -OCH3 is 1. The van der Waals surface area contributed by atoms with Gasteiger partial charge in [-0.25, -0.2) is 9.59 Å². The monoisotopic (exact) mass is 515 g/mol. The fraction of sp³-hybridized carbons (Fsp3) is 0.552. The van der Waals surface area contributed by atoms with Gasteiger partial charge >= 0.3 is 11.7 Å². The molecular formula is C29H41NO7. The van der Waals surface area contributed by atoms with Crippen LogP contribution in [-0.2, 0) is 17.6 Å². The second-order valence-corrected chi connectivity index (χ2v) is 9.60. The zero-order chi connectivity index (χ0) is 27.2. The van der Waals surface area contributed by atoms with Gasteiger partial charge in [0.25, 0.3) is 0 Å². The van der Waals surface area contributed by atoms with E-state index in [2.05, 4.69) is 23.0 Å². The van der Waals surface area contributed by atoms with Gasteiger partial charge in [-0.05, 0) is 50.2 Å². The molecule has 0 fully saturated rings. The van der Waals surface area contributed by atoms with Crippen LogP contribution >= 0.6 is 0 Å². The largest absolute Gasteiger partial charge is 0.507 e. The third-order valence-corrected chi connectivity index (χ3v) is 6.49. The van der Waals surface area contributed by atoms with Crippen molar-refractivity contribution in [3.05, 3.63) is 63.7 Å². The summed E-state index contributed by atoms with van der Waals surface area (Å²) in [5.74, 6) is -0.165. The molecule has 2 atom stereocenters. The molecule has 2 unspecified atom stereocenters. The van der Waals surface area contributed by atoms with Gasteiger partial charge in [0.2, 0.25) is 0 Å². The predicted molar refractivity (Wildman–Crippen MR) is 142 cm³/mol. The minimum absolute atomic E-state index is 0.173. The number of carbonyl (C=O) groups is 2. The summed E-state index contributed by atoms with van der Waals surface area (Å²) < 4.78 is 15.5. The number of ketones is 1. The number of rotatable bonds is 16. The molecule has 2 rings (SSSR count). The van der Waals surface area contributed by atoms with E-state index in [1.165, 1.54) is 44.2 Å². The van der Waals surface area contributed by atoms with E-state index >= 15 is 0 Å². The molecule has 2 aromatic heterocycles. The summed E-state index contributed by atoms with van der Waals surface area (Å²) in [6.07, 6.45) is 13.6. The van der Waals surface area contributed by atoms with Gasteiger partial charge in [0.1, 0.15) is 22.8 Å². The Kier molecular flexibility index (Phi) is 12.7. The molecule has 0 saturated carbocycles. The van der Waals surface area contributed by atoms with Crippen molar-refractivity contribution in [2.75, 3.05) is 7.11 Å². The molecule has 2 N–H and O–H groups in total.